The quantitative estimate of drug-likeness (QED) is 0.528. The fourth-order valence-electron chi connectivity index (χ4n) is 2.59. The molecule has 2 heterocycles. The lowest BCUT2D eigenvalue weighted by atomic mass is 10.0. The number of H-pyrrole nitrogens is 1. The van der Waals surface area contributed by atoms with E-state index in [1.165, 1.54) is 21.9 Å². The number of pyridine rings is 1. The van der Waals surface area contributed by atoms with E-state index >= 15 is 0 Å². The molecular weight excluding hydrogens is 232 g/mol. The fraction of sp³-hybridized carbons (Fsp3) is 0. The number of nitrogens with zero attached hydrogens (tertiary/aromatic N) is 1. The lowest BCUT2D eigenvalue weighted by molar-refractivity contribution is 1.41. The minimum absolute atomic E-state index is 1.06. The summed E-state index contributed by atoms with van der Waals surface area (Å²) in [5.74, 6) is 0. The van der Waals surface area contributed by atoms with Crippen LogP contribution < -0.4 is 0 Å². The Morgan fingerprint density at radius 2 is 1.68 bits per heavy atom. The Hall–Kier alpha value is -2.61. The Labute approximate surface area is 110 Å². The summed E-state index contributed by atoms with van der Waals surface area (Å²) in [5, 5.41) is 2.38. The van der Waals surface area contributed by atoms with Crippen LogP contribution in [0.2, 0.25) is 0 Å². The molecule has 2 heteroatoms. The van der Waals surface area contributed by atoms with Crippen LogP contribution in [0.5, 0.6) is 0 Å². The Morgan fingerprint density at radius 3 is 2.58 bits per heavy atom. The van der Waals surface area contributed by atoms with E-state index in [-0.39, 0.29) is 0 Å². The molecular formula is C17H12N2. The molecule has 0 saturated heterocycles. The highest BCUT2D eigenvalue weighted by molar-refractivity contribution is 6.09. The Kier molecular flexibility index (Phi) is 2.15. The number of aromatic amines is 1. The van der Waals surface area contributed by atoms with Gasteiger partial charge in [0.05, 0.1) is 5.52 Å². The van der Waals surface area contributed by atoms with Crippen molar-refractivity contribution in [3.05, 3.63) is 67.0 Å². The summed E-state index contributed by atoms with van der Waals surface area (Å²) in [7, 11) is 0. The van der Waals surface area contributed by atoms with Crippen LogP contribution in [0.25, 0.3) is 32.9 Å². The maximum Gasteiger partial charge on any atom is 0.0802 e. The number of nitrogens with one attached hydrogen (secondary N) is 1. The van der Waals surface area contributed by atoms with Gasteiger partial charge < -0.3 is 4.98 Å². The van der Waals surface area contributed by atoms with Gasteiger partial charge in [-0.3, -0.25) is 4.98 Å². The summed E-state index contributed by atoms with van der Waals surface area (Å²) < 4.78 is 0. The summed E-state index contributed by atoms with van der Waals surface area (Å²) in [6, 6.07) is 18.8. The molecule has 1 N–H and O–H groups in total. The zero-order chi connectivity index (χ0) is 12.7. The van der Waals surface area contributed by atoms with E-state index in [0.29, 0.717) is 0 Å². The second kappa shape index (κ2) is 3.95. The maximum atomic E-state index is 4.60. The largest absolute Gasteiger partial charge is 0.361 e. The van der Waals surface area contributed by atoms with Gasteiger partial charge in [-0.1, -0.05) is 36.4 Å². The van der Waals surface area contributed by atoms with Gasteiger partial charge in [-0.2, -0.15) is 0 Å². The number of benzene rings is 2. The molecule has 0 aliphatic heterocycles. The molecule has 19 heavy (non-hydrogen) atoms. The molecule has 90 valence electrons. The molecule has 2 aromatic heterocycles. The van der Waals surface area contributed by atoms with Crippen molar-refractivity contribution in [1.29, 1.82) is 0 Å². The van der Waals surface area contributed by atoms with E-state index < -0.39 is 0 Å². The third kappa shape index (κ3) is 1.54. The number of aromatic nitrogens is 2. The summed E-state index contributed by atoms with van der Waals surface area (Å²) in [6.07, 6.45) is 3.90. The van der Waals surface area contributed by atoms with Gasteiger partial charge in [-0.15, -0.1) is 0 Å². The van der Waals surface area contributed by atoms with Crippen LogP contribution in [0.3, 0.4) is 0 Å². The van der Waals surface area contributed by atoms with Gasteiger partial charge in [0.1, 0.15) is 0 Å². The number of hydrogen-bond acceptors (Lipinski definition) is 1. The minimum atomic E-state index is 1.06. The molecule has 0 unspecified atom stereocenters. The average Bonchev–Trinajstić information content (AvgIpc) is 2.92. The Bertz CT molecular complexity index is 860. The minimum Gasteiger partial charge on any atom is -0.361 e. The van der Waals surface area contributed by atoms with Crippen molar-refractivity contribution in [1.82, 2.24) is 9.97 Å². The summed E-state index contributed by atoms with van der Waals surface area (Å²) in [4.78, 5) is 7.86. The number of hydrogen-bond donors (Lipinski definition) is 1. The second-order valence-corrected chi connectivity index (χ2v) is 4.63. The van der Waals surface area contributed by atoms with Crippen molar-refractivity contribution in [2.75, 3.05) is 0 Å². The molecule has 0 fully saturated rings. The topological polar surface area (TPSA) is 28.7 Å². The van der Waals surface area contributed by atoms with Crippen LogP contribution in [0.4, 0.5) is 0 Å². The van der Waals surface area contributed by atoms with Crippen molar-refractivity contribution in [3.8, 4) is 11.1 Å². The standard InChI is InChI=1S/C17H12N2/c1-2-5-12(6-3-1)15-11-19-17-13(15)8-9-16-14(17)7-4-10-18-16/h1-11,18H. The molecule has 0 saturated carbocycles. The molecule has 0 bridgehead atoms. The third-order valence-corrected chi connectivity index (χ3v) is 3.51. The molecule has 4 rings (SSSR count). The Balaban J connectivity index is 2.08. The number of rotatable bonds is 1. The van der Waals surface area contributed by atoms with Crippen molar-refractivity contribution >= 4 is 21.8 Å². The molecule has 0 radical (unpaired) electrons. The molecule has 2 aromatic carbocycles. The van der Waals surface area contributed by atoms with Gasteiger partial charge >= 0.3 is 0 Å². The SMILES string of the molecule is c1ccc(-c2cnc3c2ccc2[nH]cccc23)cc1. The molecule has 0 aliphatic rings. The van der Waals surface area contributed by atoms with Crippen molar-refractivity contribution in [2.24, 2.45) is 0 Å². The van der Waals surface area contributed by atoms with Crippen LogP contribution in [0, 0.1) is 0 Å². The van der Waals surface area contributed by atoms with Gasteiger partial charge in [0.25, 0.3) is 0 Å². The fourth-order valence-corrected chi connectivity index (χ4v) is 2.59. The van der Waals surface area contributed by atoms with Gasteiger partial charge in [-0.05, 0) is 23.8 Å². The summed E-state index contributed by atoms with van der Waals surface area (Å²) in [5.41, 5.74) is 4.59. The van der Waals surface area contributed by atoms with E-state index in [4.69, 9.17) is 0 Å². The van der Waals surface area contributed by atoms with Crippen LogP contribution >= 0.6 is 0 Å². The molecule has 4 aromatic rings. The lowest BCUT2D eigenvalue weighted by Crippen LogP contribution is -1.79. The Morgan fingerprint density at radius 1 is 0.789 bits per heavy atom. The van der Waals surface area contributed by atoms with E-state index in [1.54, 1.807) is 0 Å². The third-order valence-electron chi connectivity index (χ3n) is 3.51. The van der Waals surface area contributed by atoms with E-state index in [1.807, 2.05) is 24.5 Å². The van der Waals surface area contributed by atoms with Crippen molar-refractivity contribution in [2.45, 2.75) is 0 Å². The van der Waals surface area contributed by atoms with E-state index in [9.17, 15) is 0 Å². The lowest BCUT2D eigenvalue weighted by Gasteiger charge is -2.01. The zero-order valence-corrected chi connectivity index (χ0v) is 10.3. The first-order chi connectivity index (χ1) is 9.43. The van der Waals surface area contributed by atoms with Crippen molar-refractivity contribution in [3.63, 3.8) is 0 Å². The van der Waals surface area contributed by atoms with Gasteiger partial charge in [0.15, 0.2) is 0 Å². The predicted octanol–water partition coefficient (Wildman–Crippen LogP) is 4.38. The first kappa shape index (κ1) is 10.3. The molecule has 0 spiro atoms. The van der Waals surface area contributed by atoms with Crippen LogP contribution in [0.1, 0.15) is 0 Å². The highest BCUT2D eigenvalue weighted by atomic mass is 14.7. The van der Waals surface area contributed by atoms with E-state index in [0.717, 1.165) is 11.0 Å². The van der Waals surface area contributed by atoms with Gasteiger partial charge in [0, 0.05) is 34.2 Å². The monoisotopic (exact) mass is 244 g/mol. The smallest absolute Gasteiger partial charge is 0.0802 e. The van der Waals surface area contributed by atoms with Crippen molar-refractivity contribution < 1.29 is 0 Å². The second-order valence-electron chi connectivity index (χ2n) is 4.63. The zero-order valence-electron chi connectivity index (χ0n) is 10.3. The summed E-state index contributed by atoms with van der Waals surface area (Å²) >= 11 is 0. The van der Waals surface area contributed by atoms with Gasteiger partial charge in [0.2, 0.25) is 0 Å². The van der Waals surface area contributed by atoms with Crippen LogP contribution in [0.15, 0.2) is 67.0 Å². The number of fused-ring (bicyclic) bond motifs is 3. The predicted molar refractivity (Wildman–Crippen MR) is 79.0 cm³/mol. The van der Waals surface area contributed by atoms with Gasteiger partial charge in [-0.25, -0.2) is 0 Å². The highest BCUT2D eigenvalue weighted by Gasteiger charge is 2.09. The normalized spacial score (nSPS) is 11.2. The highest BCUT2D eigenvalue weighted by Crippen LogP contribution is 2.32. The summed E-state index contributed by atoms with van der Waals surface area (Å²) in [6.45, 7) is 0. The van der Waals surface area contributed by atoms with Crippen LogP contribution in [-0.4, -0.2) is 9.97 Å². The molecule has 0 atom stereocenters. The molecule has 2 nitrogen and oxygen atoms in total. The maximum absolute atomic E-state index is 4.60. The first-order valence-corrected chi connectivity index (χ1v) is 6.34. The average molecular weight is 244 g/mol. The first-order valence-electron chi connectivity index (χ1n) is 6.34. The van der Waals surface area contributed by atoms with Crippen LogP contribution in [-0.2, 0) is 0 Å². The molecule has 0 amide bonds. The molecule has 0 aliphatic carbocycles. The van der Waals surface area contributed by atoms with E-state index in [2.05, 4.69) is 52.4 Å².